The van der Waals surface area contributed by atoms with Gasteiger partial charge in [0.05, 0.1) is 0 Å². The Bertz CT molecular complexity index is 619. The average Bonchev–Trinajstić information content (AvgIpc) is 2.58. The van der Waals surface area contributed by atoms with Crippen LogP contribution in [0.4, 0.5) is 0 Å². The normalized spacial score (nSPS) is 13.9. The third kappa shape index (κ3) is 10.6. The van der Waals surface area contributed by atoms with Gasteiger partial charge < -0.3 is 20.3 Å². The molecule has 8 heteroatoms. The highest BCUT2D eigenvalue weighted by molar-refractivity contribution is 5.85. The van der Waals surface area contributed by atoms with Crippen molar-refractivity contribution in [1.82, 2.24) is 0 Å². The van der Waals surface area contributed by atoms with Gasteiger partial charge in [0.25, 0.3) is 0 Å². The highest BCUT2D eigenvalue weighted by Gasteiger charge is 2.16. The van der Waals surface area contributed by atoms with Crippen molar-refractivity contribution in [3.8, 4) is 11.5 Å². The van der Waals surface area contributed by atoms with Gasteiger partial charge in [0.2, 0.25) is 0 Å². The Morgan fingerprint density at radius 1 is 0.963 bits per heavy atom. The molecule has 0 heterocycles. The van der Waals surface area contributed by atoms with E-state index in [1.165, 1.54) is 64.5 Å². The highest BCUT2D eigenvalue weighted by atomic mass is 35.5. The van der Waals surface area contributed by atoms with E-state index in [1.54, 1.807) is 6.07 Å². The van der Waals surface area contributed by atoms with Crippen LogP contribution in [0.25, 0.3) is 0 Å². The Balaban J connectivity index is 0.000000817. The molecule has 0 unspecified atom stereocenters. The largest absolute Gasteiger partial charge is 0.480 e. The predicted octanol–water partition coefficient (Wildman–Crippen LogP) is 3.25. The molecule has 7 nitrogen and oxygen atoms in total. The van der Waals surface area contributed by atoms with Gasteiger partial charge in [-0.2, -0.15) is 0 Å². The predicted molar refractivity (Wildman–Crippen MR) is 103 cm³/mol. The van der Waals surface area contributed by atoms with E-state index >= 15 is 0 Å². The molecule has 1 aromatic rings. The standard InChI is InChI=1S/C13H15NO6.C6H12.ClH/c1-7(15)19-11-4-3-9(5-10(14)13(17)18)6-12(11)20-8(2)16;1-2-4-6-5-3-1;/h3-4,6,10H,5,14H2,1-2H3,(H,17,18);1-6H2;1H/t10-;;/m0../s1. The Morgan fingerprint density at radius 3 is 1.81 bits per heavy atom. The van der Waals surface area contributed by atoms with Crippen molar-refractivity contribution >= 4 is 30.3 Å². The Labute approximate surface area is 165 Å². The molecule has 1 aromatic carbocycles. The minimum atomic E-state index is -1.14. The van der Waals surface area contributed by atoms with E-state index in [0.717, 1.165) is 0 Å². The molecule has 0 radical (unpaired) electrons. The smallest absolute Gasteiger partial charge is 0.320 e. The lowest BCUT2D eigenvalue weighted by molar-refractivity contribution is -0.138. The van der Waals surface area contributed by atoms with E-state index in [2.05, 4.69) is 0 Å². The van der Waals surface area contributed by atoms with E-state index in [4.69, 9.17) is 20.3 Å². The zero-order chi connectivity index (χ0) is 19.5. The fourth-order valence-electron chi connectivity index (χ4n) is 2.56. The number of nitrogens with two attached hydrogens (primary N) is 1. The SMILES string of the molecule is C1CCCCC1.CC(=O)Oc1ccc(C[C@H](N)C(=O)O)cc1OC(C)=O.Cl. The van der Waals surface area contributed by atoms with Gasteiger partial charge in [0.1, 0.15) is 6.04 Å². The Kier molecular flexibility index (Phi) is 12.1. The van der Waals surface area contributed by atoms with Crippen molar-refractivity contribution in [2.75, 3.05) is 0 Å². The monoisotopic (exact) mass is 401 g/mol. The molecule has 0 aliphatic heterocycles. The summed E-state index contributed by atoms with van der Waals surface area (Å²) in [6.07, 6.45) is 9.06. The van der Waals surface area contributed by atoms with E-state index in [0.29, 0.717) is 5.56 Å². The number of ether oxygens (including phenoxy) is 2. The third-order valence-electron chi connectivity index (χ3n) is 3.79. The summed E-state index contributed by atoms with van der Waals surface area (Å²) in [6, 6.07) is 3.32. The van der Waals surface area contributed by atoms with Crippen molar-refractivity contribution in [1.29, 1.82) is 0 Å². The molecular formula is C19H28ClNO6. The van der Waals surface area contributed by atoms with E-state index < -0.39 is 23.9 Å². The maximum atomic E-state index is 11.0. The summed E-state index contributed by atoms with van der Waals surface area (Å²) < 4.78 is 9.81. The summed E-state index contributed by atoms with van der Waals surface area (Å²) in [4.78, 5) is 32.7. The van der Waals surface area contributed by atoms with Crippen LogP contribution in [0.15, 0.2) is 18.2 Å². The topological polar surface area (TPSA) is 116 Å². The second-order valence-electron chi connectivity index (χ2n) is 6.24. The van der Waals surface area contributed by atoms with E-state index in [-0.39, 0.29) is 30.3 Å². The van der Waals surface area contributed by atoms with Gasteiger partial charge in [-0.3, -0.25) is 14.4 Å². The summed E-state index contributed by atoms with van der Waals surface area (Å²) in [5.74, 6) is -2.15. The number of carbonyl (C=O) groups excluding carboxylic acids is 2. The number of hydrogen-bond donors (Lipinski definition) is 2. The molecule has 2 rings (SSSR count). The van der Waals surface area contributed by atoms with Crippen LogP contribution in [-0.4, -0.2) is 29.1 Å². The first-order valence-corrected chi connectivity index (χ1v) is 8.77. The molecule has 1 fully saturated rings. The summed E-state index contributed by atoms with van der Waals surface area (Å²) in [7, 11) is 0. The summed E-state index contributed by atoms with van der Waals surface area (Å²) in [6.45, 7) is 2.42. The molecule has 152 valence electrons. The van der Waals surface area contributed by atoms with Crippen molar-refractivity contribution in [2.24, 2.45) is 5.73 Å². The number of carboxylic acids is 1. The highest BCUT2D eigenvalue weighted by Crippen LogP contribution is 2.29. The molecule has 0 amide bonds. The van der Waals surface area contributed by atoms with Gasteiger partial charge in [-0.1, -0.05) is 44.6 Å². The van der Waals surface area contributed by atoms with Crippen molar-refractivity contribution in [2.45, 2.75) is 64.8 Å². The first-order chi connectivity index (χ1) is 12.3. The minimum Gasteiger partial charge on any atom is -0.480 e. The summed E-state index contributed by atoms with van der Waals surface area (Å²) in [5, 5.41) is 8.75. The van der Waals surface area contributed by atoms with Crippen LogP contribution in [0, 0.1) is 0 Å². The number of carbonyl (C=O) groups is 3. The van der Waals surface area contributed by atoms with Gasteiger partial charge in [0.15, 0.2) is 11.5 Å². The van der Waals surface area contributed by atoms with Gasteiger partial charge in [-0.15, -0.1) is 12.4 Å². The fraction of sp³-hybridized carbons (Fsp3) is 0.526. The number of aliphatic carboxylic acids is 1. The second-order valence-corrected chi connectivity index (χ2v) is 6.24. The van der Waals surface area contributed by atoms with Gasteiger partial charge in [-0.05, 0) is 24.1 Å². The number of carboxylic acid groups (broad SMARTS) is 1. The number of benzene rings is 1. The van der Waals surface area contributed by atoms with Crippen LogP contribution >= 0.6 is 12.4 Å². The van der Waals surface area contributed by atoms with Crippen LogP contribution < -0.4 is 15.2 Å². The minimum absolute atomic E-state index is 0. The molecule has 1 aliphatic rings. The lowest BCUT2D eigenvalue weighted by atomic mass is 10.0. The second kappa shape index (κ2) is 13.1. The quantitative estimate of drug-likeness (QED) is 0.574. The number of esters is 2. The third-order valence-corrected chi connectivity index (χ3v) is 3.79. The number of rotatable bonds is 5. The van der Waals surface area contributed by atoms with Crippen molar-refractivity contribution in [3.63, 3.8) is 0 Å². The summed E-state index contributed by atoms with van der Waals surface area (Å²) >= 11 is 0. The number of halogens is 1. The molecule has 27 heavy (non-hydrogen) atoms. The molecule has 3 N–H and O–H groups in total. The number of hydrogen-bond acceptors (Lipinski definition) is 6. The molecular weight excluding hydrogens is 374 g/mol. The van der Waals surface area contributed by atoms with Crippen LogP contribution in [0.2, 0.25) is 0 Å². The van der Waals surface area contributed by atoms with Crippen LogP contribution in [0.5, 0.6) is 11.5 Å². The lowest BCUT2D eigenvalue weighted by Gasteiger charge is -2.11. The molecule has 1 atom stereocenters. The molecule has 0 aromatic heterocycles. The van der Waals surface area contributed by atoms with Crippen molar-refractivity contribution in [3.05, 3.63) is 23.8 Å². The van der Waals surface area contributed by atoms with Crippen LogP contribution in [0.1, 0.15) is 57.9 Å². The first-order valence-electron chi connectivity index (χ1n) is 8.77. The maximum absolute atomic E-state index is 11.0. The first kappa shape index (κ1) is 24.9. The summed E-state index contributed by atoms with van der Waals surface area (Å²) in [5.41, 5.74) is 5.97. The van der Waals surface area contributed by atoms with Crippen LogP contribution in [0.3, 0.4) is 0 Å². The van der Waals surface area contributed by atoms with Crippen molar-refractivity contribution < 1.29 is 29.0 Å². The molecule has 0 bridgehead atoms. The lowest BCUT2D eigenvalue weighted by Crippen LogP contribution is -2.32. The molecule has 0 saturated heterocycles. The zero-order valence-electron chi connectivity index (χ0n) is 15.7. The molecule has 1 aliphatic carbocycles. The fourth-order valence-corrected chi connectivity index (χ4v) is 2.56. The van der Waals surface area contributed by atoms with E-state index in [9.17, 15) is 14.4 Å². The van der Waals surface area contributed by atoms with E-state index in [1.807, 2.05) is 0 Å². The Morgan fingerprint density at radius 2 is 1.41 bits per heavy atom. The average molecular weight is 402 g/mol. The van der Waals surface area contributed by atoms with Crippen LogP contribution in [-0.2, 0) is 20.8 Å². The van der Waals surface area contributed by atoms with Gasteiger partial charge >= 0.3 is 17.9 Å². The zero-order valence-corrected chi connectivity index (χ0v) is 16.5. The van der Waals surface area contributed by atoms with Gasteiger partial charge in [-0.25, -0.2) is 0 Å². The molecule has 1 saturated carbocycles. The molecule has 0 spiro atoms. The Hall–Kier alpha value is -2.12. The maximum Gasteiger partial charge on any atom is 0.320 e. The van der Waals surface area contributed by atoms with Gasteiger partial charge in [0, 0.05) is 13.8 Å².